The summed E-state index contributed by atoms with van der Waals surface area (Å²) in [6.45, 7) is 1.72. The number of amides is 2. The van der Waals surface area contributed by atoms with E-state index in [2.05, 4.69) is 20.5 Å². The summed E-state index contributed by atoms with van der Waals surface area (Å²) in [6.07, 6.45) is 0.785. The van der Waals surface area contributed by atoms with Gasteiger partial charge in [-0.25, -0.2) is 4.98 Å². The lowest BCUT2D eigenvalue weighted by Gasteiger charge is -2.22. The van der Waals surface area contributed by atoms with Gasteiger partial charge in [-0.05, 0) is 31.3 Å². The Balaban J connectivity index is 1.61. The van der Waals surface area contributed by atoms with Crippen LogP contribution < -0.4 is 10.6 Å². The lowest BCUT2D eigenvalue weighted by atomic mass is 10.1. The lowest BCUT2D eigenvalue weighted by Crippen LogP contribution is -2.52. The molecule has 1 aliphatic rings. The molecule has 0 radical (unpaired) electrons. The van der Waals surface area contributed by atoms with E-state index in [0.29, 0.717) is 15.6 Å². The number of carbonyl (C=O) groups excluding carboxylic acids is 3. The summed E-state index contributed by atoms with van der Waals surface area (Å²) in [4.78, 5) is 47.3. The molecule has 0 fully saturated rings. The van der Waals surface area contributed by atoms with Crippen molar-refractivity contribution in [3.05, 3.63) is 50.4 Å². The van der Waals surface area contributed by atoms with E-state index in [1.807, 2.05) is 7.05 Å². The summed E-state index contributed by atoms with van der Waals surface area (Å²) in [7, 11) is 5.25. The fourth-order valence-electron chi connectivity index (χ4n) is 3.31. The molecule has 1 aliphatic heterocycles. The Morgan fingerprint density at radius 2 is 1.97 bits per heavy atom. The maximum absolute atomic E-state index is 12.8. The van der Waals surface area contributed by atoms with E-state index in [9.17, 15) is 14.4 Å². The number of nitrogens with zero attached hydrogens (tertiary/aromatic N) is 3. The van der Waals surface area contributed by atoms with Crippen LogP contribution >= 0.6 is 35.2 Å². The van der Waals surface area contributed by atoms with Crippen LogP contribution in [0, 0.1) is 0 Å². The zero-order valence-electron chi connectivity index (χ0n) is 18.7. The number of aromatic nitrogens is 1. The molecule has 2 aromatic rings. The molecule has 176 valence electrons. The van der Waals surface area contributed by atoms with Gasteiger partial charge in [-0.3, -0.25) is 14.4 Å². The summed E-state index contributed by atoms with van der Waals surface area (Å²) in [6, 6.07) is 5.69. The van der Waals surface area contributed by atoms with E-state index in [4.69, 9.17) is 23.8 Å². The normalized spacial score (nSPS) is 14.2. The average Bonchev–Trinajstić information content (AvgIpc) is 3.19. The highest BCUT2D eigenvalue weighted by molar-refractivity contribution is 7.80. The molecule has 1 aromatic heterocycles. The Bertz CT molecular complexity index is 1050. The van der Waals surface area contributed by atoms with Gasteiger partial charge in [-0.2, -0.15) is 0 Å². The SMILES string of the molecule is CN1CCc2nc(C(=O)NC(CNC(=S)CC(=O)c3ccc(Cl)cc3)C(=O)N(C)C)sc2C1. The van der Waals surface area contributed by atoms with E-state index in [0.717, 1.165) is 30.1 Å². The average molecular weight is 508 g/mol. The highest BCUT2D eigenvalue weighted by Gasteiger charge is 2.27. The minimum Gasteiger partial charge on any atom is -0.377 e. The highest BCUT2D eigenvalue weighted by Crippen LogP contribution is 2.24. The third-order valence-electron chi connectivity index (χ3n) is 5.15. The van der Waals surface area contributed by atoms with Crippen LogP contribution in [0.2, 0.25) is 5.02 Å². The predicted octanol–water partition coefficient (Wildman–Crippen LogP) is 2.16. The van der Waals surface area contributed by atoms with Crippen molar-refractivity contribution >= 4 is 57.7 Å². The standard InChI is InChI=1S/C22H26ClN5O3S2/c1-27(2)22(31)16(11-24-19(32)10-17(29)13-4-6-14(23)7-5-13)25-20(30)21-26-15-8-9-28(3)12-18(15)33-21/h4-7,16H,8-12H2,1-3H3,(H,24,32)(H,25,30). The van der Waals surface area contributed by atoms with Crippen molar-refractivity contribution in [2.75, 3.05) is 34.2 Å². The summed E-state index contributed by atoms with van der Waals surface area (Å²) in [5.41, 5.74) is 1.44. The first kappa shape index (κ1) is 25.2. The zero-order valence-corrected chi connectivity index (χ0v) is 21.1. The molecule has 1 unspecified atom stereocenters. The van der Waals surface area contributed by atoms with E-state index in [1.165, 1.54) is 16.2 Å². The first-order valence-corrected chi connectivity index (χ1v) is 12.0. The van der Waals surface area contributed by atoms with Crippen LogP contribution in [0.3, 0.4) is 0 Å². The van der Waals surface area contributed by atoms with Gasteiger partial charge in [0, 0.05) is 55.6 Å². The third-order valence-corrected chi connectivity index (χ3v) is 6.77. The largest absolute Gasteiger partial charge is 0.377 e. The van der Waals surface area contributed by atoms with Crippen LogP contribution in [-0.4, -0.2) is 77.6 Å². The van der Waals surface area contributed by atoms with Crippen molar-refractivity contribution in [1.82, 2.24) is 25.4 Å². The number of benzene rings is 1. The van der Waals surface area contributed by atoms with Crippen LogP contribution in [0.1, 0.15) is 37.2 Å². The van der Waals surface area contributed by atoms with Crippen molar-refractivity contribution in [2.24, 2.45) is 0 Å². The molecule has 0 aliphatic carbocycles. The Kier molecular flexibility index (Phi) is 8.52. The topological polar surface area (TPSA) is 94.6 Å². The van der Waals surface area contributed by atoms with Gasteiger partial charge in [0.05, 0.1) is 17.1 Å². The number of likely N-dealkylation sites (N-methyl/N-ethyl adjacent to an activating group) is 2. The lowest BCUT2D eigenvalue weighted by molar-refractivity contribution is -0.130. The van der Waals surface area contributed by atoms with Crippen molar-refractivity contribution in [3.8, 4) is 0 Å². The summed E-state index contributed by atoms with van der Waals surface area (Å²) < 4.78 is 0. The maximum atomic E-state index is 12.8. The number of ketones is 1. The van der Waals surface area contributed by atoms with Crippen LogP contribution in [0.25, 0.3) is 0 Å². The van der Waals surface area contributed by atoms with Gasteiger partial charge in [0.2, 0.25) is 5.91 Å². The number of nitrogens with one attached hydrogen (secondary N) is 2. The number of rotatable bonds is 8. The molecule has 0 bridgehead atoms. The third kappa shape index (κ3) is 6.80. The quantitative estimate of drug-likeness (QED) is 0.417. The molecular formula is C22H26ClN5O3S2. The molecule has 1 aromatic carbocycles. The summed E-state index contributed by atoms with van der Waals surface area (Å²) in [5, 5.41) is 6.59. The second-order valence-corrected chi connectivity index (χ2v) is 10.1. The van der Waals surface area contributed by atoms with Gasteiger partial charge in [-0.15, -0.1) is 11.3 Å². The van der Waals surface area contributed by atoms with Crippen LogP contribution in [0.4, 0.5) is 0 Å². The fourth-order valence-corrected chi connectivity index (χ4v) is 4.75. The van der Waals surface area contributed by atoms with Crippen LogP contribution in [0.15, 0.2) is 24.3 Å². The Labute approximate surface area is 207 Å². The molecule has 11 heteroatoms. The molecule has 8 nitrogen and oxygen atoms in total. The second kappa shape index (κ2) is 11.1. The molecule has 3 rings (SSSR count). The Hall–Kier alpha value is -2.40. The number of hydrogen-bond donors (Lipinski definition) is 2. The van der Waals surface area contributed by atoms with Crippen LogP contribution in [-0.2, 0) is 17.8 Å². The summed E-state index contributed by atoms with van der Waals surface area (Å²) >= 11 is 12.5. The molecule has 0 spiro atoms. The maximum Gasteiger partial charge on any atom is 0.280 e. The highest BCUT2D eigenvalue weighted by atomic mass is 35.5. The van der Waals surface area contributed by atoms with E-state index in [-0.39, 0.29) is 29.6 Å². The van der Waals surface area contributed by atoms with Crippen LogP contribution in [0.5, 0.6) is 0 Å². The van der Waals surface area contributed by atoms with Crippen molar-refractivity contribution in [1.29, 1.82) is 0 Å². The number of halogens is 1. The smallest absolute Gasteiger partial charge is 0.280 e. The fraction of sp³-hybridized carbons (Fsp3) is 0.409. The Morgan fingerprint density at radius 3 is 2.64 bits per heavy atom. The number of thiocarbonyl (C=S) groups is 1. The van der Waals surface area contributed by atoms with Gasteiger partial charge < -0.3 is 20.4 Å². The van der Waals surface area contributed by atoms with Gasteiger partial charge in [-0.1, -0.05) is 23.8 Å². The Morgan fingerprint density at radius 1 is 1.27 bits per heavy atom. The molecule has 1 atom stereocenters. The molecule has 0 saturated heterocycles. The monoisotopic (exact) mass is 507 g/mol. The van der Waals surface area contributed by atoms with Crippen molar-refractivity contribution in [2.45, 2.75) is 25.4 Å². The first-order chi connectivity index (χ1) is 15.6. The van der Waals surface area contributed by atoms with Gasteiger partial charge in [0.15, 0.2) is 10.8 Å². The number of hydrogen-bond acceptors (Lipinski definition) is 7. The van der Waals surface area contributed by atoms with Crippen molar-refractivity contribution in [3.63, 3.8) is 0 Å². The first-order valence-electron chi connectivity index (χ1n) is 10.4. The minimum absolute atomic E-state index is 0.0134. The number of Topliss-reactive ketones (excluding diaryl/α,β-unsaturated/α-hetero) is 1. The molecule has 0 saturated carbocycles. The van der Waals surface area contributed by atoms with E-state index >= 15 is 0 Å². The number of thiazole rings is 1. The predicted molar refractivity (Wildman–Crippen MR) is 133 cm³/mol. The number of fused-ring (bicyclic) bond motifs is 1. The zero-order chi connectivity index (χ0) is 24.1. The molecule has 2 heterocycles. The second-order valence-electron chi connectivity index (χ2n) is 8.05. The molecule has 2 N–H and O–H groups in total. The minimum atomic E-state index is -0.861. The molecule has 2 amide bonds. The van der Waals surface area contributed by atoms with Gasteiger partial charge >= 0.3 is 0 Å². The molecule has 33 heavy (non-hydrogen) atoms. The molecular weight excluding hydrogens is 482 g/mol. The summed E-state index contributed by atoms with van der Waals surface area (Å²) in [5.74, 6) is -0.854. The van der Waals surface area contributed by atoms with Gasteiger partial charge in [0.25, 0.3) is 5.91 Å². The van der Waals surface area contributed by atoms with E-state index < -0.39 is 11.9 Å². The van der Waals surface area contributed by atoms with Crippen molar-refractivity contribution < 1.29 is 14.4 Å². The number of carbonyl (C=O) groups is 3. The van der Waals surface area contributed by atoms with Gasteiger partial charge in [0.1, 0.15) is 6.04 Å². The van der Waals surface area contributed by atoms with E-state index in [1.54, 1.807) is 38.4 Å².